The van der Waals surface area contributed by atoms with Crippen LogP contribution < -0.4 is 0 Å². The molecule has 0 aliphatic heterocycles. The van der Waals surface area contributed by atoms with Crippen molar-refractivity contribution in [2.75, 3.05) is 13.2 Å². The minimum Gasteiger partial charge on any atom is -0.460 e. The van der Waals surface area contributed by atoms with Gasteiger partial charge in [-0.3, -0.25) is 0 Å². The van der Waals surface area contributed by atoms with Gasteiger partial charge in [0, 0.05) is 0 Å². The average molecular weight is 228 g/mol. The summed E-state index contributed by atoms with van der Waals surface area (Å²) in [6, 6.07) is 0. The third kappa shape index (κ3) is 11.2. The van der Waals surface area contributed by atoms with E-state index in [2.05, 4.69) is 11.7 Å². The number of carbonyl (C=O) groups excluding carboxylic acids is 1. The van der Waals surface area contributed by atoms with E-state index in [1.807, 2.05) is 12.2 Å². The standard InChI is InChI=1S/C13H24O3/c1-2-3-4-5-6-7-8-9-10-11-16-13(15)12-14/h9-10,14H,2-8,11-12H2,1H3/b10-9+. The fourth-order valence-corrected chi connectivity index (χ4v) is 1.42. The van der Waals surface area contributed by atoms with Crippen LogP contribution in [0.15, 0.2) is 12.2 Å². The van der Waals surface area contributed by atoms with E-state index in [0.717, 1.165) is 6.42 Å². The molecular formula is C13H24O3. The molecule has 0 rings (SSSR count). The number of aliphatic hydroxyl groups is 1. The summed E-state index contributed by atoms with van der Waals surface area (Å²) >= 11 is 0. The summed E-state index contributed by atoms with van der Waals surface area (Å²) in [7, 11) is 0. The molecule has 0 aliphatic rings. The lowest BCUT2D eigenvalue weighted by Crippen LogP contribution is -2.08. The zero-order chi connectivity index (χ0) is 12.1. The van der Waals surface area contributed by atoms with Crippen LogP contribution >= 0.6 is 0 Å². The quantitative estimate of drug-likeness (QED) is 0.355. The molecule has 0 amide bonds. The Bertz CT molecular complexity index is 188. The minimum atomic E-state index is -0.566. The van der Waals surface area contributed by atoms with Crippen molar-refractivity contribution in [1.29, 1.82) is 0 Å². The number of esters is 1. The van der Waals surface area contributed by atoms with E-state index < -0.39 is 12.6 Å². The van der Waals surface area contributed by atoms with Gasteiger partial charge in [0.25, 0.3) is 0 Å². The summed E-state index contributed by atoms with van der Waals surface area (Å²) < 4.78 is 4.68. The normalized spacial score (nSPS) is 10.9. The third-order valence-electron chi connectivity index (χ3n) is 2.36. The van der Waals surface area contributed by atoms with Crippen molar-refractivity contribution in [3.8, 4) is 0 Å². The molecule has 3 heteroatoms. The van der Waals surface area contributed by atoms with Crippen LogP contribution in [0.4, 0.5) is 0 Å². The molecule has 94 valence electrons. The maximum atomic E-state index is 10.5. The maximum Gasteiger partial charge on any atom is 0.332 e. The second-order valence-electron chi connectivity index (χ2n) is 3.87. The van der Waals surface area contributed by atoms with E-state index >= 15 is 0 Å². The average Bonchev–Trinajstić information content (AvgIpc) is 2.31. The van der Waals surface area contributed by atoms with Gasteiger partial charge >= 0.3 is 5.97 Å². The topological polar surface area (TPSA) is 46.5 Å². The van der Waals surface area contributed by atoms with Gasteiger partial charge in [-0.1, -0.05) is 51.2 Å². The van der Waals surface area contributed by atoms with Crippen LogP contribution in [0.1, 0.15) is 51.9 Å². The lowest BCUT2D eigenvalue weighted by atomic mass is 10.1. The zero-order valence-corrected chi connectivity index (χ0v) is 10.3. The molecule has 16 heavy (non-hydrogen) atoms. The van der Waals surface area contributed by atoms with Gasteiger partial charge < -0.3 is 9.84 Å². The molecule has 0 radical (unpaired) electrons. The molecule has 0 saturated carbocycles. The first kappa shape index (κ1) is 15.2. The fraction of sp³-hybridized carbons (Fsp3) is 0.769. The van der Waals surface area contributed by atoms with Crippen LogP contribution in [-0.2, 0) is 9.53 Å². The van der Waals surface area contributed by atoms with Crippen molar-refractivity contribution >= 4 is 5.97 Å². The largest absolute Gasteiger partial charge is 0.460 e. The van der Waals surface area contributed by atoms with Gasteiger partial charge in [0.05, 0.1) is 0 Å². The van der Waals surface area contributed by atoms with Gasteiger partial charge in [-0.15, -0.1) is 0 Å². The SMILES string of the molecule is CCCCCCCC/C=C/COC(=O)CO. The second kappa shape index (κ2) is 12.2. The Hall–Kier alpha value is -0.830. The van der Waals surface area contributed by atoms with Crippen molar-refractivity contribution in [2.24, 2.45) is 0 Å². The number of rotatable bonds is 10. The van der Waals surface area contributed by atoms with Gasteiger partial charge in [-0.05, 0) is 12.8 Å². The number of allylic oxidation sites excluding steroid dienone is 1. The van der Waals surface area contributed by atoms with Crippen LogP contribution in [0, 0.1) is 0 Å². The number of ether oxygens (including phenoxy) is 1. The van der Waals surface area contributed by atoms with Crippen molar-refractivity contribution in [2.45, 2.75) is 51.9 Å². The first-order valence-electron chi connectivity index (χ1n) is 6.22. The molecule has 0 aliphatic carbocycles. The summed E-state index contributed by atoms with van der Waals surface area (Å²) in [5.41, 5.74) is 0. The Morgan fingerprint density at radius 1 is 1.12 bits per heavy atom. The van der Waals surface area contributed by atoms with E-state index in [1.165, 1.54) is 38.5 Å². The lowest BCUT2D eigenvalue weighted by molar-refractivity contribution is -0.145. The van der Waals surface area contributed by atoms with Crippen LogP contribution in [0.25, 0.3) is 0 Å². The number of carbonyl (C=O) groups is 1. The molecule has 0 spiro atoms. The summed E-state index contributed by atoms with van der Waals surface area (Å²) in [6.07, 6.45) is 12.7. The van der Waals surface area contributed by atoms with Gasteiger partial charge in [-0.2, -0.15) is 0 Å². The Morgan fingerprint density at radius 2 is 1.81 bits per heavy atom. The molecule has 0 saturated heterocycles. The monoisotopic (exact) mass is 228 g/mol. The van der Waals surface area contributed by atoms with Crippen molar-refractivity contribution in [1.82, 2.24) is 0 Å². The Labute approximate surface area is 98.5 Å². The summed E-state index contributed by atoms with van der Waals surface area (Å²) in [6.45, 7) is 1.96. The van der Waals surface area contributed by atoms with E-state index in [-0.39, 0.29) is 6.61 Å². The van der Waals surface area contributed by atoms with E-state index in [9.17, 15) is 4.79 Å². The molecule has 0 aromatic carbocycles. The highest BCUT2D eigenvalue weighted by atomic mass is 16.5. The fourth-order valence-electron chi connectivity index (χ4n) is 1.42. The Balaban J connectivity index is 3.12. The van der Waals surface area contributed by atoms with Gasteiger partial charge in [0.1, 0.15) is 13.2 Å². The van der Waals surface area contributed by atoms with Gasteiger partial charge in [0.2, 0.25) is 0 Å². The lowest BCUT2D eigenvalue weighted by Gasteiger charge is -1.98. The smallest absolute Gasteiger partial charge is 0.332 e. The van der Waals surface area contributed by atoms with Crippen molar-refractivity contribution in [3.63, 3.8) is 0 Å². The Kier molecular flexibility index (Phi) is 11.6. The molecule has 3 nitrogen and oxygen atoms in total. The van der Waals surface area contributed by atoms with E-state index in [4.69, 9.17) is 5.11 Å². The highest BCUT2D eigenvalue weighted by Gasteiger charge is 1.95. The molecular weight excluding hydrogens is 204 g/mol. The molecule has 0 bridgehead atoms. The van der Waals surface area contributed by atoms with E-state index in [0.29, 0.717) is 0 Å². The minimum absolute atomic E-state index is 0.273. The molecule has 0 aromatic rings. The first-order valence-corrected chi connectivity index (χ1v) is 6.22. The zero-order valence-electron chi connectivity index (χ0n) is 10.3. The number of hydrogen-bond acceptors (Lipinski definition) is 3. The number of hydrogen-bond donors (Lipinski definition) is 1. The molecule has 0 atom stereocenters. The molecule has 0 aromatic heterocycles. The molecule has 0 unspecified atom stereocenters. The van der Waals surface area contributed by atoms with Crippen LogP contribution in [0.5, 0.6) is 0 Å². The van der Waals surface area contributed by atoms with Crippen LogP contribution in [0.2, 0.25) is 0 Å². The summed E-state index contributed by atoms with van der Waals surface area (Å²) in [4.78, 5) is 10.5. The second-order valence-corrected chi connectivity index (χ2v) is 3.87. The molecule has 0 fully saturated rings. The van der Waals surface area contributed by atoms with Gasteiger partial charge in [0.15, 0.2) is 0 Å². The Morgan fingerprint density at radius 3 is 2.50 bits per heavy atom. The predicted octanol–water partition coefficient (Wildman–Crippen LogP) is 2.83. The van der Waals surface area contributed by atoms with Crippen molar-refractivity contribution in [3.05, 3.63) is 12.2 Å². The number of aliphatic hydroxyl groups excluding tert-OH is 1. The highest BCUT2D eigenvalue weighted by Crippen LogP contribution is 2.06. The summed E-state index contributed by atoms with van der Waals surface area (Å²) in [5, 5.41) is 8.38. The highest BCUT2D eigenvalue weighted by molar-refractivity contribution is 5.70. The molecule has 1 N–H and O–H groups in total. The predicted molar refractivity (Wildman–Crippen MR) is 65.2 cm³/mol. The van der Waals surface area contributed by atoms with E-state index in [1.54, 1.807) is 0 Å². The van der Waals surface area contributed by atoms with Crippen LogP contribution in [-0.4, -0.2) is 24.3 Å². The molecule has 0 heterocycles. The van der Waals surface area contributed by atoms with Gasteiger partial charge in [-0.25, -0.2) is 4.79 Å². The van der Waals surface area contributed by atoms with Crippen LogP contribution in [0.3, 0.4) is 0 Å². The third-order valence-corrected chi connectivity index (χ3v) is 2.36. The first-order chi connectivity index (χ1) is 7.81. The summed E-state index contributed by atoms with van der Waals surface area (Å²) in [5.74, 6) is -0.566. The van der Waals surface area contributed by atoms with Crippen molar-refractivity contribution < 1.29 is 14.6 Å². The maximum absolute atomic E-state index is 10.5. The number of unbranched alkanes of at least 4 members (excludes halogenated alkanes) is 6.